The summed E-state index contributed by atoms with van der Waals surface area (Å²) in [6.45, 7) is 3.89. The molecule has 2 aromatic rings. The first-order chi connectivity index (χ1) is 11.4. The van der Waals surface area contributed by atoms with Gasteiger partial charge < -0.3 is 10.6 Å². The normalized spacial score (nSPS) is 10.9. The summed E-state index contributed by atoms with van der Waals surface area (Å²) in [6.07, 6.45) is 1.38. The van der Waals surface area contributed by atoms with E-state index in [9.17, 15) is 10.1 Å². The zero-order valence-corrected chi connectivity index (χ0v) is 14.7. The van der Waals surface area contributed by atoms with Crippen molar-refractivity contribution in [3.63, 3.8) is 0 Å². The molecular weight excluding hydrogens is 345 g/mol. The molecule has 0 aliphatic carbocycles. The number of carbonyl (C=O) groups excluding carboxylic acids is 1. The Hall–Kier alpha value is -2.48. The fourth-order valence-corrected chi connectivity index (χ4v) is 2.45. The molecule has 4 nitrogen and oxygen atoms in total. The molecule has 0 radical (unpaired) electrons. The summed E-state index contributed by atoms with van der Waals surface area (Å²) < 4.78 is 0. The van der Waals surface area contributed by atoms with Crippen LogP contribution in [-0.2, 0) is 4.79 Å². The van der Waals surface area contributed by atoms with Gasteiger partial charge in [-0.05, 0) is 43.2 Å². The van der Waals surface area contributed by atoms with E-state index in [1.54, 1.807) is 12.1 Å². The van der Waals surface area contributed by atoms with E-state index in [2.05, 4.69) is 10.6 Å². The summed E-state index contributed by atoms with van der Waals surface area (Å²) in [5, 5.41) is 15.6. The molecule has 0 aromatic heterocycles. The van der Waals surface area contributed by atoms with E-state index in [1.165, 1.54) is 12.3 Å². The summed E-state index contributed by atoms with van der Waals surface area (Å²) >= 11 is 11.9. The highest BCUT2D eigenvalue weighted by atomic mass is 35.5. The fraction of sp³-hybridized carbons (Fsp3) is 0.111. The van der Waals surface area contributed by atoms with Gasteiger partial charge in [-0.25, -0.2) is 0 Å². The van der Waals surface area contributed by atoms with Crippen molar-refractivity contribution in [2.24, 2.45) is 0 Å². The van der Waals surface area contributed by atoms with E-state index in [0.717, 1.165) is 16.8 Å². The molecule has 0 unspecified atom stereocenters. The number of rotatable bonds is 4. The Balaban J connectivity index is 2.20. The van der Waals surface area contributed by atoms with E-state index in [-0.39, 0.29) is 5.57 Å². The van der Waals surface area contributed by atoms with E-state index < -0.39 is 5.91 Å². The van der Waals surface area contributed by atoms with Crippen molar-refractivity contribution < 1.29 is 4.79 Å². The van der Waals surface area contributed by atoms with Crippen LogP contribution in [0.2, 0.25) is 10.0 Å². The second kappa shape index (κ2) is 7.87. The van der Waals surface area contributed by atoms with Gasteiger partial charge in [0.1, 0.15) is 11.6 Å². The number of amides is 1. The zero-order valence-electron chi connectivity index (χ0n) is 13.2. The Labute approximate surface area is 150 Å². The molecule has 0 fully saturated rings. The van der Waals surface area contributed by atoms with Crippen LogP contribution in [0.3, 0.4) is 0 Å². The Morgan fingerprint density at radius 1 is 1.17 bits per heavy atom. The molecule has 0 heterocycles. The van der Waals surface area contributed by atoms with Crippen LogP contribution in [0.1, 0.15) is 11.1 Å². The van der Waals surface area contributed by atoms with Gasteiger partial charge in [0.15, 0.2) is 0 Å². The second-order valence-corrected chi connectivity index (χ2v) is 6.00. The van der Waals surface area contributed by atoms with Crippen LogP contribution in [0.15, 0.2) is 48.2 Å². The third-order valence-electron chi connectivity index (χ3n) is 3.38. The summed E-state index contributed by atoms with van der Waals surface area (Å²) in [5.41, 5.74) is 3.17. The topological polar surface area (TPSA) is 64.9 Å². The monoisotopic (exact) mass is 359 g/mol. The van der Waals surface area contributed by atoms with Gasteiger partial charge in [-0.2, -0.15) is 5.26 Å². The van der Waals surface area contributed by atoms with Gasteiger partial charge in [0.05, 0.1) is 10.7 Å². The van der Waals surface area contributed by atoms with E-state index >= 15 is 0 Å². The van der Waals surface area contributed by atoms with E-state index in [1.807, 2.05) is 38.1 Å². The average Bonchev–Trinajstić information content (AvgIpc) is 2.54. The first kappa shape index (κ1) is 17.9. The number of benzene rings is 2. The minimum atomic E-state index is -0.569. The number of halogens is 2. The molecule has 0 aliphatic heterocycles. The predicted molar refractivity (Wildman–Crippen MR) is 98.3 cm³/mol. The quantitative estimate of drug-likeness (QED) is 0.591. The van der Waals surface area contributed by atoms with Crippen molar-refractivity contribution in [2.45, 2.75) is 13.8 Å². The lowest BCUT2D eigenvalue weighted by molar-refractivity contribution is -0.112. The van der Waals surface area contributed by atoms with Crippen LogP contribution in [-0.4, -0.2) is 5.91 Å². The maximum Gasteiger partial charge on any atom is 0.267 e. The molecule has 2 N–H and O–H groups in total. The maximum atomic E-state index is 12.3. The van der Waals surface area contributed by atoms with Gasteiger partial charge in [0.2, 0.25) is 0 Å². The molecule has 0 saturated heterocycles. The van der Waals surface area contributed by atoms with Crippen LogP contribution in [0.5, 0.6) is 0 Å². The van der Waals surface area contributed by atoms with Crippen LogP contribution in [0, 0.1) is 25.2 Å². The molecular formula is C18H15Cl2N3O. The summed E-state index contributed by atoms with van der Waals surface area (Å²) in [5.74, 6) is -0.569. The molecule has 0 aliphatic rings. The highest BCUT2D eigenvalue weighted by Gasteiger charge is 2.12. The molecule has 1 amide bonds. The molecule has 0 bridgehead atoms. The van der Waals surface area contributed by atoms with Gasteiger partial charge in [0, 0.05) is 16.9 Å². The number of anilines is 2. The van der Waals surface area contributed by atoms with E-state index in [4.69, 9.17) is 23.2 Å². The number of hydrogen-bond donors (Lipinski definition) is 2. The van der Waals surface area contributed by atoms with Gasteiger partial charge in [-0.1, -0.05) is 41.4 Å². The zero-order chi connectivity index (χ0) is 17.7. The maximum absolute atomic E-state index is 12.3. The van der Waals surface area contributed by atoms with Crippen LogP contribution < -0.4 is 10.6 Å². The first-order valence-corrected chi connectivity index (χ1v) is 7.87. The van der Waals surface area contributed by atoms with E-state index in [0.29, 0.717) is 15.7 Å². The van der Waals surface area contributed by atoms with Crippen LogP contribution in [0.25, 0.3) is 0 Å². The average molecular weight is 360 g/mol. The molecule has 0 saturated carbocycles. The van der Waals surface area contributed by atoms with Gasteiger partial charge in [-0.3, -0.25) is 4.79 Å². The van der Waals surface area contributed by atoms with Crippen molar-refractivity contribution in [1.29, 1.82) is 5.26 Å². The van der Waals surface area contributed by atoms with Gasteiger partial charge in [0.25, 0.3) is 5.91 Å². The molecule has 2 aromatic carbocycles. The molecule has 0 spiro atoms. The van der Waals surface area contributed by atoms with Gasteiger partial charge in [-0.15, -0.1) is 0 Å². The third-order valence-corrected chi connectivity index (χ3v) is 3.95. The lowest BCUT2D eigenvalue weighted by atomic mass is 10.1. The van der Waals surface area contributed by atoms with Crippen LogP contribution >= 0.6 is 23.2 Å². The SMILES string of the molecule is Cc1cccc(C)c1N/C=C(/C#N)C(=O)Nc1cc(Cl)ccc1Cl. The Morgan fingerprint density at radius 3 is 2.46 bits per heavy atom. The van der Waals surface area contributed by atoms with Crippen molar-refractivity contribution in [1.82, 2.24) is 0 Å². The number of nitriles is 1. The van der Waals surface area contributed by atoms with Crippen molar-refractivity contribution in [2.75, 3.05) is 10.6 Å². The number of para-hydroxylation sites is 1. The second-order valence-electron chi connectivity index (χ2n) is 5.16. The third kappa shape index (κ3) is 4.29. The number of carbonyl (C=O) groups is 1. The molecule has 2 rings (SSSR count). The van der Waals surface area contributed by atoms with Crippen LogP contribution in [0.4, 0.5) is 11.4 Å². The van der Waals surface area contributed by atoms with Crippen molar-refractivity contribution in [3.8, 4) is 6.07 Å². The number of nitrogens with zero attached hydrogens (tertiary/aromatic N) is 1. The molecule has 24 heavy (non-hydrogen) atoms. The van der Waals surface area contributed by atoms with Crippen molar-refractivity contribution in [3.05, 3.63) is 69.3 Å². The highest BCUT2D eigenvalue weighted by Crippen LogP contribution is 2.26. The molecule has 0 atom stereocenters. The first-order valence-electron chi connectivity index (χ1n) is 7.12. The fourth-order valence-electron chi connectivity index (χ4n) is 2.12. The summed E-state index contributed by atoms with van der Waals surface area (Å²) in [7, 11) is 0. The smallest absolute Gasteiger partial charge is 0.267 e. The number of aryl methyl sites for hydroxylation is 2. The summed E-state index contributed by atoms with van der Waals surface area (Å²) in [4.78, 5) is 12.3. The van der Waals surface area contributed by atoms with Gasteiger partial charge >= 0.3 is 0 Å². The van der Waals surface area contributed by atoms with Crippen molar-refractivity contribution >= 4 is 40.5 Å². The standard InChI is InChI=1S/C18H15Cl2N3O/c1-11-4-3-5-12(2)17(11)22-10-13(9-21)18(24)23-16-8-14(19)6-7-15(16)20/h3-8,10,22H,1-2H3,(H,23,24)/b13-10-. The number of hydrogen-bond acceptors (Lipinski definition) is 3. The largest absolute Gasteiger partial charge is 0.360 e. The minimum absolute atomic E-state index is 0.0753. The lowest BCUT2D eigenvalue weighted by Crippen LogP contribution is -2.15. The minimum Gasteiger partial charge on any atom is -0.360 e. The predicted octanol–water partition coefficient (Wildman–Crippen LogP) is 5.07. The molecule has 122 valence electrons. The molecule has 6 heteroatoms. The summed E-state index contributed by atoms with van der Waals surface area (Å²) in [6, 6.07) is 12.4. The Kier molecular flexibility index (Phi) is 5.86. The number of nitrogens with one attached hydrogen (secondary N) is 2. The Bertz CT molecular complexity index is 834. The lowest BCUT2D eigenvalue weighted by Gasteiger charge is -2.10. The highest BCUT2D eigenvalue weighted by molar-refractivity contribution is 6.35. The Morgan fingerprint density at radius 2 is 1.83 bits per heavy atom.